The van der Waals surface area contributed by atoms with Crippen molar-refractivity contribution in [1.82, 2.24) is 0 Å². The topological polar surface area (TPSA) is 26.3 Å². The lowest BCUT2D eigenvalue weighted by Gasteiger charge is -2.08. The minimum Gasteiger partial charge on any atom is -0.420 e. The quantitative estimate of drug-likeness (QED) is 0.0517. The molecule has 0 N–H and O–H groups in total. The highest BCUT2D eigenvalue weighted by atomic mass is 19.2. The highest BCUT2D eigenvalue weighted by molar-refractivity contribution is 5.72. The Labute approximate surface area is 181 Å². The second-order valence-electron chi connectivity index (χ2n) is 7.35. The molecule has 31 heavy (non-hydrogen) atoms. The molecule has 2 nitrogen and oxygen atoms in total. The van der Waals surface area contributed by atoms with Crippen molar-refractivity contribution in [2.45, 2.75) is 84.0 Å². The summed E-state index contributed by atoms with van der Waals surface area (Å²) in [6.07, 6.45) is 19.3. The van der Waals surface area contributed by atoms with Crippen molar-refractivity contribution in [3.63, 3.8) is 0 Å². The molecule has 1 rings (SSSR count). The van der Waals surface area contributed by atoms with E-state index in [4.69, 9.17) is 0 Å². The Kier molecular flexibility index (Phi) is 13.5. The summed E-state index contributed by atoms with van der Waals surface area (Å²) in [6, 6.07) is 0. The predicted molar refractivity (Wildman–Crippen MR) is 111 cm³/mol. The van der Waals surface area contributed by atoms with Gasteiger partial charge in [-0.2, -0.15) is 8.78 Å². The van der Waals surface area contributed by atoms with Gasteiger partial charge in [-0.05, 0) is 38.5 Å². The van der Waals surface area contributed by atoms with E-state index in [0.717, 1.165) is 38.5 Å². The van der Waals surface area contributed by atoms with Gasteiger partial charge in [0.1, 0.15) is 0 Å². The number of hydrogen-bond acceptors (Lipinski definition) is 2. The van der Waals surface area contributed by atoms with Gasteiger partial charge in [0, 0.05) is 6.42 Å². The highest BCUT2D eigenvalue weighted by Crippen LogP contribution is 2.29. The standard InChI is InChI=1S/C24H31F5O2/c1-2-3-4-5-6-7-8-9-10-11-12-13-14-15-16-17-18(30)31-24-22(28)20(26)19(25)21(27)23(24)29/h6-7,9-10H,2-5,8,11-17H2,1H3/b7-6+,10-9+. The number of allylic oxidation sites excluding steroid dienone is 4. The van der Waals surface area contributed by atoms with Gasteiger partial charge >= 0.3 is 5.97 Å². The van der Waals surface area contributed by atoms with Gasteiger partial charge in [0.15, 0.2) is 0 Å². The summed E-state index contributed by atoms with van der Waals surface area (Å²) in [7, 11) is 0. The molecule has 0 bridgehead atoms. The van der Waals surface area contributed by atoms with Crippen molar-refractivity contribution in [2.75, 3.05) is 0 Å². The number of hydrogen-bond donors (Lipinski definition) is 0. The van der Waals surface area contributed by atoms with E-state index in [9.17, 15) is 26.7 Å². The van der Waals surface area contributed by atoms with Crippen LogP contribution >= 0.6 is 0 Å². The summed E-state index contributed by atoms with van der Waals surface area (Å²) in [5.41, 5.74) is 0. The number of benzene rings is 1. The first-order valence-corrected chi connectivity index (χ1v) is 10.9. The lowest BCUT2D eigenvalue weighted by atomic mass is 10.1. The molecular formula is C24H31F5O2. The van der Waals surface area contributed by atoms with Gasteiger partial charge in [-0.25, -0.2) is 13.2 Å². The third kappa shape index (κ3) is 10.1. The first-order chi connectivity index (χ1) is 14.9. The Morgan fingerprint density at radius 3 is 1.74 bits per heavy atom. The van der Waals surface area contributed by atoms with Crippen LogP contribution in [0.4, 0.5) is 22.0 Å². The Bertz CT molecular complexity index is 715. The van der Waals surface area contributed by atoms with E-state index in [0.29, 0.717) is 12.8 Å². The van der Waals surface area contributed by atoms with Crippen molar-refractivity contribution in [2.24, 2.45) is 0 Å². The normalized spacial score (nSPS) is 11.7. The van der Waals surface area contributed by atoms with E-state index in [-0.39, 0.29) is 6.42 Å². The molecule has 0 spiro atoms. The van der Waals surface area contributed by atoms with Crippen LogP contribution in [-0.2, 0) is 4.79 Å². The zero-order valence-electron chi connectivity index (χ0n) is 18.0. The van der Waals surface area contributed by atoms with E-state index in [2.05, 4.69) is 36.0 Å². The largest absolute Gasteiger partial charge is 0.420 e. The molecule has 0 amide bonds. The molecule has 0 atom stereocenters. The fourth-order valence-corrected chi connectivity index (χ4v) is 2.92. The number of ether oxygens (including phenoxy) is 1. The van der Waals surface area contributed by atoms with Crippen LogP contribution in [0.15, 0.2) is 24.3 Å². The Balaban J connectivity index is 2.14. The SMILES string of the molecule is CCCCC/C=C/C/C=C/CCCCCCCC(=O)Oc1c(F)c(F)c(F)c(F)c1F. The Hall–Kier alpha value is -2.18. The molecular weight excluding hydrogens is 415 g/mol. The molecule has 0 radical (unpaired) electrons. The summed E-state index contributed by atoms with van der Waals surface area (Å²) in [5.74, 6) is -13.5. The number of esters is 1. The first kappa shape index (κ1) is 26.9. The molecule has 0 saturated heterocycles. The minimum atomic E-state index is -2.29. The molecule has 0 saturated carbocycles. The third-order valence-electron chi connectivity index (χ3n) is 4.72. The summed E-state index contributed by atoms with van der Waals surface area (Å²) in [6.45, 7) is 2.19. The number of rotatable bonds is 15. The van der Waals surface area contributed by atoms with Crippen molar-refractivity contribution < 1.29 is 31.5 Å². The molecule has 0 fully saturated rings. The van der Waals surface area contributed by atoms with Crippen LogP contribution in [-0.4, -0.2) is 5.97 Å². The number of unbranched alkanes of at least 4 members (excludes halogenated alkanes) is 8. The molecule has 1 aromatic rings. The van der Waals surface area contributed by atoms with E-state index in [1.165, 1.54) is 19.3 Å². The minimum absolute atomic E-state index is 0.163. The van der Waals surface area contributed by atoms with Crippen LogP contribution in [0.5, 0.6) is 5.75 Å². The highest BCUT2D eigenvalue weighted by Gasteiger charge is 2.28. The second-order valence-corrected chi connectivity index (χ2v) is 7.35. The van der Waals surface area contributed by atoms with Gasteiger partial charge in [0.25, 0.3) is 0 Å². The van der Waals surface area contributed by atoms with E-state index in [1.807, 2.05) is 0 Å². The number of carbonyl (C=O) groups is 1. The van der Waals surface area contributed by atoms with Crippen LogP contribution in [0.3, 0.4) is 0 Å². The molecule has 1 aromatic carbocycles. The molecule has 0 aromatic heterocycles. The summed E-state index contributed by atoms with van der Waals surface area (Å²) >= 11 is 0. The van der Waals surface area contributed by atoms with Gasteiger partial charge in [-0.15, -0.1) is 0 Å². The number of carbonyl (C=O) groups excluding carboxylic acids is 1. The van der Waals surface area contributed by atoms with Crippen LogP contribution in [0, 0.1) is 29.1 Å². The molecule has 7 heteroatoms. The second kappa shape index (κ2) is 15.6. The fourth-order valence-electron chi connectivity index (χ4n) is 2.92. The molecule has 0 unspecified atom stereocenters. The zero-order valence-corrected chi connectivity index (χ0v) is 18.0. The molecule has 174 valence electrons. The lowest BCUT2D eigenvalue weighted by Crippen LogP contribution is -2.13. The van der Waals surface area contributed by atoms with Crippen LogP contribution in [0.2, 0.25) is 0 Å². The van der Waals surface area contributed by atoms with Gasteiger partial charge in [-0.1, -0.05) is 63.3 Å². The van der Waals surface area contributed by atoms with Crippen LogP contribution < -0.4 is 4.74 Å². The molecule has 0 heterocycles. The lowest BCUT2D eigenvalue weighted by molar-refractivity contribution is -0.135. The van der Waals surface area contributed by atoms with Crippen molar-refractivity contribution >= 4 is 5.97 Å². The fraction of sp³-hybridized carbons (Fsp3) is 0.542. The van der Waals surface area contributed by atoms with E-state index in [1.54, 1.807) is 0 Å². The van der Waals surface area contributed by atoms with Gasteiger partial charge < -0.3 is 4.74 Å². The van der Waals surface area contributed by atoms with Crippen molar-refractivity contribution in [1.29, 1.82) is 0 Å². The van der Waals surface area contributed by atoms with Crippen molar-refractivity contribution in [3.8, 4) is 5.75 Å². The van der Waals surface area contributed by atoms with E-state index >= 15 is 0 Å². The molecule has 0 aliphatic rings. The first-order valence-electron chi connectivity index (χ1n) is 10.9. The smallest absolute Gasteiger partial charge is 0.311 e. The van der Waals surface area contributed by atoms with Gasteiger partial charge in [-0.3, -0.25) is 4.79 Å². The van der Waals surface area contributed by atoms with E-state index < -0.39 is 40.8 Å². The molecule has 0 aliphatic heterocycles. The summed E-state index contributed by atoms with van der Waals surface area (Å²) < 4.78 is 70.5. The van der Waals surface area contributed by atoms with Gasteiger partial charge in [0.2, 0.25) is 34.8 Å². The van der Waals surface area contributed by atoms with Crippen molar-refractivity contribution in [3.05, 3.63) is 53.4 Å². The van der Waals surface area contributed by atoms with Gasteiger partial charge in [0.05, 0.1) is 0 Å². The summed E-state index contributed by atoms with van der Waals surface area (Å²) in [4.78, 5) is 11.6. The predicted octanol–water partition coefficient (Wildman–Crippen LogP) is 8.10. The maximum absolute atomic E-state index is 13.5. The Morgan fingerprint density at radius 1 is 0.677 bits per heavy atom. The maximum Gasteiger partial charge on any atom is 0.311 e. The monoisotopic (exact) mass is 446 g/mol. The average Bonchev–Trinajstić information content (AvgIpc) is 2.76. The van der Waals surface area contributed by atoms with Crippen LogP contribution in [0.25, 0.3) is 0 Å². The zero-order chi connectivity index (χ0) is 23.1. The number of halogens is 5. The average molecular weight is 446 g/mol. The van der Waals surface area contributed by atoms with Crippen LogP contribution in [0.1, 0.15) is 84.0 Å². The summed E-state index contributed by atoms with van der Waals surface area (Å²) in [5, 5.41) is 0. The Morgan fingerprint density at radius 2 is 1.16 bits per heavy atom. The molecule has 0 aliphatic carbocycles. The third-order valence-corrected chi connectivity index (χ3v) is 4.72. The maximum atomic E-state index is 13.5.